The minimum Gasteiger partial charge on any atom is -0.323 e. The van der Waals surface area contributed by atoms with E-state index in [-0.39, 0.29) is 6.04 Å². The fourth-order valence-corrected chi connectivity index (χ4v) is 2.41. The van der Waals surface area contributed by atoms with Crippen LogP contribution in [0.3, 0.4) is 0 Å². The molecule has 0 fully saturated rings. The predicted molar refractivity (Wildman–Crippen MR) is 88.0 cm³/mol. The van der Waals surface area contributed by atoms with Crippen LogP contribution in [0.15, 0.2) is 42.6 Å². The summed E-state index contributed by atoms with van der Waals surface area (Å²) in [4.78, 5) is 6.73. The van der Waals surface area contributed by atoms with Crippen molar-refractivity contribution >= 4 is 0 Å². The molecular formula is C18H25N3. The molecule has 0 saturated carbocycles. The van der Waals surface area contributed by atoms with Crippen molar-refractivity contribution in [1.29, 1.82) is 0 Å². The molecule has 112 valence electrons. The van der Waals surface area contributed by atoms with Crippen LogP contribution in [0.2, 0.25) is 0 Å². The van der Waals surface area contributed by atoms with Crippen molar-refractivity contribution in [2.75, 3.05) is 13.1 Å². The zero-order chi connectivity index (χ0) is 15.2. The van der Waals surface area contributed by atoms with Gasteiger partial charge in [0.05, 0.1) is 5.69 Å². The van der Waals surface area contributed by atoms with Crippen LogP contribution in [-0.4, -0.2) is 23.0 Å². The highest BCUT2D eigenvalue weighted by molar-refractivity contribution is 5.31. The third-order valence-electron chi connectivity index (χ3n) is 3.97. The predicted octanol–water partition coefficient (Wildman–Crippen LogP) is 3.22. The minimum absolute atomic E-state index is 0.0352. The summed E-state index contributed by atoms with van der Waals surface area (Å²) in [6.45, 7) is 9.08. The van der Waals surface area contributed by atoms with E-state index >= 15 is 0 Å². The molecule has 0 aliphatic carbocycles. The largest absolute Gasteiger partial charge is 0.323 e. The Morgan fingerprint density at radius 3 is 2.57 bits per heavy atom. The molecule has 0 saturated heterocycles. The summed E-state index contributed by atoms with van der Waals surface area (Å²) in [5.74, 6) is 0. The summed E-state index contributed by atoms with van der Waals surface area (Å²) in [5, 5.41) is 0. The molecule has 0 aliphatic heterocycles. The molecular weight excluding hydrogens is 258 g/mol. The number of nitrogens with two attached hydrogens (primary N) is 1. The smallest absolute Gasteiger partial charge is 0.0543 e. The van der Waals surface area contributed by atoms with Gasteiger partial charge in [-0.3, -0.25) is 9.88 Å². The van der Waals surface area contributed by atoms with Crippen molar-refractivity contribution in [3.8, 4) is 0 Å². The summed E-state index contributed by atoms with van der Waals surface area (Å²) in [5.41, 5.74) is 11.3. The van der Waals surface area contributed by atoms with Crippen molar-refractivity contribution in [3.05, 3.63) is 65.0 Å². The minimum atomic E-state index is 0.0352. The average molecular weight is 283 g/mol. The van der Waals surface area contributed by atoms with Crippen molar-refractivity contribution in [1.82, 2.24) is 9.88 Å². The zero-order valence-corrected chi connectivity index (χ0v) is 13.2. The lowest BCUT2D eigenvalue weighted by Gasteiger charge is -2.24. The van der Waals surface area contributed by atoms with Gasteiger partial charge in [-0.25, -0.2) is 0 Å². The van der Waals surface area contributed by atoms with E-state index in [2.05, 4.69) is 54.9 Å². The first-order chi connectivity index (χ1) is 10.1. The molecule has 2 aromatic rings. The Morgan fingerprint density at radius 1 is 1.14 bits per heavy atom. The Kier molecular flexibility index (Phi) is 5.48. The molecule has 0 amide bonds. The maximum Gasteiger partial charge on any atom is 0.0543 e. The highest BCUT2D eigenvalue weighted by Gasteiger charge is 2.12. The molecule has 1 heterocycles. The monoisotopic (exact) mass is 283 g/mol. The van der Waals surface area contributed by atoms with Gasteiger partial charge < -0.3 is 5.73 Å². The van der Waals surface area contributed by atoms with Crippen LogP contribution >= 0.6 is 0 Å². The molecule has 21 heavy (non-hydrogen) atoms. The first-order valence-corrected chi connectivity index (χ1v) is 7.55. The normalized spacial score (nSPS) is 12.6. The number of pyridine rings is 1. The molecule has 1 unspecified atom stereocenters. The van der Waals surface area contributed by atoms with Gasteiger partial charge in [0.25, 0.3) is 0 Å². The van der Waals surface area contributed by atoms with Gasteiger partial charge in [-0.05, 0) is 49.2 Å². The fourth-order valence-electron chi connectivity index (χ4n) is 2.41. The van der Waals surface area contributed by atoms with Gasteiger partial charge in [-0.2, -0.15) is 0 Å². The van der Waals surface area contributed by atoms with Crippen LogP contribution in [0.5, 0.6) is 0 Å². The van der Waals surface area contributed by atoms with Gasteiger partial charge >= 0.3 is 0 Å². The quantitative estimate of drug-likeness (QED) is 0.885. The zero-order valence-electron chi connectivity index (χ0n) is 13.2. The van der Waals surface area contributed by atoms with Gasteiger partial charge in [0.2, 0.25) is 0 Å². The van der Waals surface area contributed by atoms with Crippen molar-refractivity contribution in [2.45, 2.75) is 33.4 Å². The second-order valence-corrected chi connectivity index (χ2v) is 5.60. The molecule has 0 spiro atoms. The van der Waals surface area contributed by atoms with Gasteiger partial charge in [0.1, 0.15) is 0 Å². The lowest BCUT2D eigenvalue weighted by molar-refractivity contribution is 0.259. The van der Waals surface area contributed by atoms with Crippen LogP contribution in [0, 0.1) is 13.8 Å². The summed E-state index contributed by atoms with van der Waals surface area (Å²) in [6, 6.07) is 12.6. The Morgan fingerprint density at radius 2 is 1.95 bits per heavy atom. The Balaban J connectivity index is 2.02. The molecule has 0 bridgehead atoms. The van der Waals surface area contributed by atoms with E-state index in [1.807, 2.05) is 18.3 Å². The van der Waals surface area contributed by atoms with E-state index in [1.165, 1.54) is 16.7 Å². The summed E-state index contributed by atoms with van der Waals surface area (Å²) in [7, 11) is 0. The summed E-state index contributed by atoms with van der Waals surface area (Å²) >= 11 is 0. The molecule has 1 atom stereocenters. The van der Waals surface area contributed by atoms with E-state index in [0.717, 1.165) is 25.3 Å². The van der Waals surface area contributed by atoms with E-state index in [9.17, 15) is 0 Å². The maximum absolute atomic E-state index is 6.38. The lowest BCUT2D eigenvalue weighted by Crippen LogP contribution is -2.32. The van der Waals surface area contributed by atoms with E-state index < -0.39 is 0 Å². The summed E-state index contributed by atoms with van der Waals surface area (Å²) < 4.78 is 0. The first kappa shape index (κ1) is 15.7. The third kappa shape index (κ3) is 4.38. The van der Waals surface area contributed by atoms with Crippen molar-refractivity contribution in [2.24, 2.45) is 5.73 Å². The fraction of sp³-hybridized carbons (Fsp3) is 0.389. The first-order valence-electron chi connectivity index (χ1n) is 7.55. The number of likely N-dealkylation sites (N-methyl/N-ethyl adjacent to an activating group) is 1. The van der Waals surface area contributed by atoms with Crippen LogP contribution in [0.25, 0.3) is 0 Å². The Labute approximate surface area is 127 Å². The van der Waals surface area contributed by atoms with Gasteiger partial charge in [-0.1, -0.05) is 31.2 Å². The van der Waals surface area contributed by atoms with Crippen LogP contribution < -0.4 is 5.73 Å². The highest BCUT2D eigenvalue weighted by atomic mass is 15.1. The number of aryl methyl sites for hydroxylation is 2. The Bertz CT molecular complexity index is 566. The maximum atomic E-state index is 6.38. The Hall–Kier alpha value is -1.71. The number of hydrogen-bond donors (Lipinski definition) is 1. The van der Waals surface area contributed by atoms with Crippen molar-refractivity contribution in [3.63, 3.8) is 0 Å². The highest BCUT2D eigenvalue weighted by Crippen LogP contribution is 2.17. The van der Waals surface area contributed by atoms with E-state index in [4.69, 9.17) is 5.73 Å². The number of nitrogens with zero attached hydrogens (tertiary/aromatic N) is 2. The van der Waals surface area contributed by atoms with Gasteiger partial charge in [0.15, 0.2) is 0 Å². The second kappa shape index (κ2) is 7.34. The SMILES string of the molecule is CCN(Cc1ccccn1)CC(N)c1ccc(C)c(C)c1. The molecule has 3 heteroatoms. The number of rotatable bonds is 6. The lowest BCUT2D eigenvalue weighted by atomic mass is 10.0. The average Bonchev–Trinajstić information content (AvgIpc) is 2.50. The number of benzene rings is 1. The van der Waals surface area contributed by atoms with E-state index in [0.29, 0.717) is 0 Å². The topological polar surface area (TPSA) is 42.2 Å². The molecule has 3 nitrogen and oxygen atoms in total. The van der Waals surface area contributed by atoms with Crippen molar-refractivity contribution < 1.29 is 0 Å². The van der Waals surface area contributed by atoms with Gasteiger partial charge in [-0.15, -0.1) is 0 Å². The van der Waals surface area contributed by atoms with Crippen LogP contribution in [0.1, 0.15) is 35.3 Å². The molecule has 0 aliphatic rings. The number of aromatic nitrogens is 1. The number of hydrogen-bond acceptors (Lipinski definition) is 3. The molecule has 1 aromatic heterocycles. The third-order valence-corrected chi connectivity index (χ3v) is 3.97. The molecule has 0 radical (unpaired) electrons. The summed E-state index contributed by atoms with van der Waals surface area (Å²) in [6.07, 6.45) is 1.84. The molecule has 2 N–H and O–H groups in total. The van der Waals surface area contributed by atoms with Crippen LogP contribution in [0.4, 0.5) is 0 Å². The second-order valence-electron chi connectivity index (χ2n) is 5.60. The van der Waals surface area contributed by atoms with Crippen LogP contribution in [-0.2, 0) is 6.54 Å². The molecule has 2 rings (SSSR count). The standard InChI is InChI=1S/C18H25N3/c1-4-21(12-17-7-5-6-10-20-17)13-18(19)16-9-8-14(2)15(3)11-16/h5-11,18H,4,12-13,19H2,1-3H3. The van der Waals surface area contributed by atoms with Gasteiger partial charge in [0, 0.05) is 25.3 Å². The molecule has 1 aromatic carbocycles. The van der Waals surface area contributed by atoms with E-state index in [1.54, 1.807) is 0 Å².